The first-order valence-electron chi connectivity index (χ1n) is 20.5. The summed E-state index contributed by atoms with van der Waals surface area (Å²) < 4.78 is 90.1. The molecule has 0 aliphatic carbocycles. The van der Waals surface area contributed by atoms with Gasteiger partial charge in [-0.25, -0.2) is 26.8 Å². The van der Waals surface area contributed by atoms with Crippen LogP contribution in [0.25, 0.3) is 34.5 Å². The molecule has 20 nitrogen and oxygen atoms in total. The average Bonchev–Trinajstić information content (AvgIpc) is 4.20. The van der Waals surface area contributed by atoms with Crippen LogP contribution in [-0.4, -0.2) is 105 Å². The summed E-state index contributed by atoms with van der Waals surface area (Å²) in [6, 6.07) is 17.4. The van der Waals surface area contributed by atoms with Crippen molar-refractivity contribution >= 4 is 42.3 Å². The fraction of sp³-hybridized carbons (Fsp3) is 0.318. The van der Waals surface area contributed by atoms with Crippen LogP contribution in [0, 0.1) is 13.8 Å². The number of benzene rings is 2. The molecule has 0 amide bonds. The highest BCUT2D eigenvalue weighted by Gasteiger charge is 2.36. The van der Waals surface area contributed by atoms with Crippen molar-refractivity contribution in [1.82, 2.24) is 39.5 Å². The summed E-state index contributed by atoms with van der Waals surface area (Å²) in [5.41, 5.74) is 4.56. The van der Waals surface area contributed by atoms with E-state index in [9.17, 15) is 27.0 Å². The number of sulfone groups is 2. The maximum Gasteiger partial charge on any atom is 0.204 e. The minimum Gasteiger partial charge on any atom is -0.494 e. The highest BCUT2D eigenvalue weighted by molar-refractivity contribution is 7.91. The summed E-state index contributed by atoms with van der Waals surface area (Å²) in [6.45, 7) is 6.47. The number of ether oxygens (including phenoxy) is 4. The van der Waals surface area contributed by atoms with Gasteiger partial charge in [0, 0.05) is 10.8 Å². The summed E-state index contributed by atoms with van der Waals surface area (Å²) >= 11 is 2.56. The molecule has 0 fully saturated rings. The second-order valence-electron chi connectivity index (χ2n) is 15.1. The molecule has 8 aromatic rings. The highest BCUT2D eigenvalue weighted by atomic mass is 32.2. The molecule has 2 aromatic carbocycles. The van der Waals surface area contributed by atoms with Gasteiger partial charge < -0.3 is 38.0 Å². The van der Waals surface area contributed by atoms with Crippen LogP contribution in [0.4, 0.5) is 0 Å². The van der Waals surface area contributed by atoms with Crippen molar-refractivity contribution in [3.05, 3.63) is 117 Å². The summed E-state index contributed by atoms with van der Waals surface area (Å²) in [4.78, 5) is 8.08. The Hall–Kier alpha value is -6.44. The second-order valence-corrected chi connectivity index (χ2v) is 21.3. The molecule has 0 spiro atoms. The van der Waals surface area contributed by atoms with Crippen LogP contribution in [0.15, 0.2) is 91.3 Å². The molecule has 0 saturated carbocycles. The van der Waals surface area contributed by atoms with Gasteiger partial charge in [0.2, 0.25) is 11.6 Å². The number of aryl methyl sites for hydroxylation is 2. The average molecular weight is 1010 g/mol. The minimum atomic E-state index is -3.89. The third kappa shape index (κ3) is 10.2. The zero-order valence-electron chi connectivity index (χ0n) is 38.0. The molecular formula is C44H48N8O12S4. The van der Waals surface area contributed by atoms with Gasteiger partial charge in [0.15, 0.2) is 42.8 Å². The molecule has 2 N–H and O–H groups in total. The normalized spacial score (nSPS) is 13.6. The van der Waals surface area contributed by atoms with E-state index in [1.807, 2.05) is 0 Å². The van der Waals surface area contributed by atoms with E-state index in [-0.39, 0.29) is 23.3 Å². The van der Waals surface area contributed by atoms with E-state index in [0.717, 1.165) is 0 Å². The Labute approximate surface area is 399 Å². The number of furan rings is 2. The third-order valence-corrected chi connectivity index (χ3v) is 16.1. The second kappa shape index (κ2) is 20.8. The molecule has 0 unspecified atom stereocenters. The zero-order chi connectivity index (χ0) is 48.9. The predicted octanol–water partition coefficient (Wildman–Crippen LogP) is 6.69. The van der Waals surface area contributed by atoms with Gasteiger partial charge in [-0.2, -0.15) is 0 Å². The fourth-order valence-electron chi connectivity index (χ4n) is 7.06. The van der Waals surface area contributed by atoms with Crippen LogP contribution in [0.1, 0.15) is 60.6 Å². The number of nitrogens with zero attached hydrogens (tertiary/aromatic N) is 8. The van der Waals surface area contributed by atoms with E-state index < -0.39 is 53.9 Å². The lowest BCUT2D eigenvalue weighted by Gasteiger charge is -2.19. The summed E-state index contributed by atoms with van der Waals surface area (Å²) in [5.74, 6) is 3.64. The number of aromatic nitrogens is 8. The molecule has 0 bridgehead atoms. The molecule has 68 heavy (non-hydrogen) atoms. The molecule has 8 rings (SSSR count). The van der Waals surface area contributed by atoms with Crippen molar-refractivity contribution in [3.63, 3.8) is 0 Å². The molecule has 0 radical (unpaired) electrons. The van der Waals surface area contributed by atoms with Crippen LogP contribution in [-0.2, 0) is 31.2 Å². The van der Waals surface area contributed by atoms with Crippen molar-refractivity contribution in [2.75, 3.05) is 28.4 Å². The van der Waals surface area contributed by atoms with Gasteiger partial charge in [0.05, 0.1) is 61.3 Å². The standard InChI is InChI=1S/2C22H24N4O6S2/c2*1-13-8-9-18(32-13)22-25-24-19(26(22)20-16(30-3)6-5-7-17(20)31-4)11-34(28,29)14(2)21(27)15-10-33-12-23-15/h2*5-10,12,14,21,27H,11H2,1-4H3/t2*14-,21-/m10/s1. The smallest absolute Gasteiger partial charge is 0.204 e. The van der Waals surface area contributed by atoms with Gasteiger partial charge in [-0.15, -0.1) is 43.1 Å². The summed E-state index contributed by atoms with van der Waals surface area (Å²) in [7, 11) is -1.78. The number of hydrogen-bond acceptors (Lipinski definition) is 20. The maximum absolute atomic E-state index is 13.3. The molecule has 0 aliphatic heterocycles. The van der Waals surface area contributed by atoms with E-state index >= 15 is 0 Å². The quantitative estimate of drug-likeness (QED) is 0.0907. The van der Waals surface area contributed by atoms with E-state index in [1.165, 1.54) is 65.0 Å². The molecule has 0 aliphatic rings. The number of rotatable bonds is 18. The Kier molecular flexibility index (Phi) is 15.2. The van der Waals surface area contributed by atoms with Crippen molar-refractivity contribution < 1.29 is 54.8 Å². The summed E-state index contributed by atoms with van der Waals surface area (Å²) in [6.07, 6.45) is -2.55. The maximum atomic E-state index is 13.3. The van der Waals surface area contributed by atoms with Gasteiger partial charge in [-0.3, -0.25) is 9.13 Å². The van der Waals surface area contributed by atoms with E-state index in [2.05, 4.69) is 30.4 Å². The lowest BCUT2D eigenvalue weighted by molar-refractivity contribution is 0.171. The lowest BCUT2D eigenvalue weighted by atomic mass is 10.2. The predicted molar refractivity (Wildman–Crippen MR) is 252 cm³/mol. The van der Waals surface area contributed by atoms with Gasteiger partial charge in [0.25, 0.3) is 0 Å². The van der Waals surface area contributed by atoms with Crippen LogP contribution in [0.5, 0.6) is 23.0 Å². The summed E-state index contributed by atoms with van der Waals surface area (Å²) in [5, 5.41) is 39.0. The van der Waals surface area contributed by atoms with Gasteiger partial charge >= 0.3 is 0 Å². The third-order valence-electron chi connectivity index (χ3n) is 10.8. The first-order valence-corrected chi connectivity index (χ1v) is 25.8. The first-order chi connectivity index (χ1) is 32.5. The number of para-hydroxylation sites is 2. The Bertz CT molecular complexity index is 2920. The molecule has 4 atom stereocenters. The van der Waals surface area contributed by atoms with Crippen molar-refractivity contribution in [2.45, 2.75) is 61.9 Å². The number of aliphatic hydroxyl groups is 2. The molecule has 0 saturated heterocycles. The van der Waals surface area contributed by atoms with E-state index in [1.54, 1.807) is 105 Å². The SMILES string of the molecule is COc1cccc(OC)c1-n1c(CS(=O)(=O)[C@@H](C)[C@H](O)c2cscn2)nnc1-c1ccc(C)o1.COc1cccc(OC)c1-n1c(CS(=O)(=O)[C@H](C)[C@@H](O)c2cscn2)nnc1-c1ccc(C)o1. The van der Waals surface area contributed by atoms with Crippen molar-refractivity contribution in [1.29, 1.82) is 0 Å². The van der Waals surface area contributed by atoms with Crippen molar-refractivity contribution in [3.8, 4) is 57.5 Å². The lowest BCUT2D eigenvalue weighted by Crippen LogP contribution is -2.28. The molecule has 24 heteroatoms. The number of hydrogen-bond donors (Lipinski definition) is 2. The number of thiazole rings is 2. The zero-order valence-corrected chi connectivity index (χ0v) is 41.3. The Morgan fingerprint density at radius 3 is 1.21 bits per heavy atom. The Morgan fingerprint density at radius 2 is 0.926 bits per heavy atom. The minimum absolute atomic E-state index is 0.115. The Morgan fingerprint density at radius 1 is 0.574 bits per heavy atom. The monoisotopic (exact) mass is 1010 g/mol. The van der Waals surface area contributed by atoms with Gasteiger partial charge in [0.1, 0.15) is 69.6 Å². The Balaban J connectivity index is 0.000000201. The van der Waals surface area contributed by atoms with Crippen LogP contribution < -0.4 is 18.9 Å². The van der Waals surface area contributed by atoms with E-state index in [4.69, 9.17) is 27.8 Å². The fourth-order valence-corrected chi connectivity index (χ4v) is 10.9. The topological polar surface area (TPSA) is 259 Å². The van der Waals surface area contributed by atoms with Crippen molar-refractivity contribution in [2.24, 2.45) is 0 Å². The molecule has 6 aromatic heterocycles. The number of methoxy groups -OCH3 is 4. The number of aliphatic hydroxyl groups excluding tert-OH is 2. The van der Waals surface area contributed by atoms with E-state index in [0.29, 0.717) is 68.8 Å². The van der Waals surface area contributed by atoms with Crippen LogP contribution >= 0.6 is 22.7 Å². The first kappa shape index (κ1) is 49.5. The molecule has 6 heterocycles. The van der Waals surface area contributed by atoms with Gasteiger partial charge in [-0.05, 0) is 76.2 Å². The van der Waals surface area contributed by atoms with Crippen LogP contribution in [0.2, 0.25) is 0 Å². The molecular weight excluding hydrogens is 961 g/mol. The highest BCUT2D eigenvalue weighted by Crippen LogP contribution is 2.39. The van der Waals surface area contributed by atoms with Crippen LogP contribution in [0.3, 0.4) is 0 Å². The van der Waals surface area contributed by atoms with Gasteiger partial charge in [-0.1, -0.05) is 12.1 Å². The largest absolute Gasteiger partial charge is 0.494 e. The molecule has 360 valence electrons.